The number of aromatic nitrogens is 3. The van der Waals surface area contributed by atoms with E-state index >= 15 is 0 Å². The van der Waals surface area contributed by atoms with Crippen LogP contribution >= 0.6 is 0 Å². The van der Waals surface area contributed by atoms with Gasteiger partial charge in [0.25, 0.3) is 0 Å². The summed E-state index contributed by atoms with van der Waals surface area (Å²) in [6.45, 7) is 2.93. The van der Waals surface area contributed by atoms with Crippen molar-refractivity contribution in [1.82, 2.24) is 20.1 Å². The van der Waals surface area contributed by atoms with Gasteiger partial charge in [0.1, 0.15) is 5.82 Å². The monoisotopic (exact) mass is 383 g/mol. The first-order valence-corrected chi connectivity index (χ1v) is 8.59. The standard InChI is InChI=1S/C17H20F3N5O2/c1-11-9-15(23-16(26)21-7-6-13-3-2-8-27-13)25(24-11)14-5-4-12(10-22-14)17(18,19)20/h4-5,9-10,13H,2-3,6-8H2,1H3,(H2,21,23,26). The van der Waals surface area contributed by atoms with E-state index in [4.69, 9.17) is 4.74 Å². The van der Waals surface area contributed by atoms with Crippen molar-refractivity contribution < 1.29 is 22.7 Å². The number of urea groups is 1. The Bertz CT molecular complexity index is 783. The molecule has 1 aliphatic rings. The van der Waals surface area contributed by atoms with Crippen LogP contribution in [0.5, 0.6) is 0 Å². The lowest BCUT2D eigenvalue weighted by Gasteiger charge is -2.12. The summed E-state index contributed by atoms with van der Waals surface area (Å²) in [5.41, 5.74) is -0.261. The Hall–Kier alpha value is -2.62. The van der Waals surface area contributed by atoms with Crippen LogP contribution in [0.4, 0.5) is 23.8 Å². The Kier molecular flexibility index (Phi) is 5.64. The number of rotatable bonds is 5. The lowest BCUT2D eigenvalue weighted by molar-refractivity contribution is -0.137. The Labute approximate surface area is 153 Å². The number of ether oxygens (including phenoxy) is 1. The number of alkyl halides is 3. The van der Waals surface area contributed by atoms with E-state index in [0.29, 0.717) is 18.1 Å². The number of nitrogens with one attached hydrogen (secondary N) is 2. The first-order valence-electron chi connectivity index (χ1n) is 8.59. The van der Waals surface area contributed by atoms with E-state index in [1.165, 1.54) is 10.7 Å². The van der Waals surface area contributed by atoms with Gasteiger partial charge in [0.15, 0.2) is 5.82 Å². The lowest BCUT2D eigenvalue weighted by Crippen LogP contribution is -2.32. The van der Waals surface area contributed by atoms with E-state index in [1.54, 1.807) is 13.0 Å². The molecule has 0 bridgehead atoms. The predicted octanol–water partition coefficient (Wildman–Crippen LogP) is 3.29. The number of amides is 2. The van der Waals surface area contributed by atoms with Crippen LogP contribution in [0, 0.1) is 6.92 Å². The molecule has 3 heterocycles. The van der Waals surface area contributed by atoms with Gasteiger partial charge in [0.05, 0.1) is 17.4 Å². The summed E-state index contributed by atoms with van der Waals surface area (Å²) >= 11 is 0. The normalized spacial score (nSPS) is 17.1. The quantitative estimate of drug-likeness (QED) is 0.830. The van der Waals surface area contributed by atoms with Crippen LogP contribution in [0.2, 0.25) is 0 Å². The van der Waals surface area contributed by atoms with Gasteiger partial charge in [-0.2, -0.15) is 23.0 Å². The fourth-order valence-electron chi connectivity index (χ4n) is 2.82. The summed E-state index contributed by atoms with van der Waals surface area (Å²) in [6.07, 6.45) is -0.793. The highest BCUT2D eigenvalue weighted by Gasteiger charge is 2.30. The average Bonchev–Trinajstić information content (AvgIpc) is 3.24. The zero-order valence-electron chi connectivity index (χ0n) is 14.7. The summed E-state index contributed by atoms with van der Waals surface area (Å²) in [5, 5.41) is 9.56. The minimum atomic E-state index is -4.46. The van der Waals surface area contributed by atoms with Gasteiger partial charge in [-0.3, -0.25) is 5.32 Å². The first kappa shape index (κ1) is 19.2. The molecule has 1 saturated heterocycles. The molecular weight excluding hydrogens is 363 g/mol. The molecule has 2 amide bonds. The molecule has 0 aliphatic carbocycles. The zero-order valence-corrected chi connectivity index (χ0v) is 14.7. The van der Waals surface area contributed by atoms with Crippen LogP contribution in [0.1, 0.15) is 30.5 Å². The number of pyridine rings is 1. The molecule has 1 aliphatic heterocycles. The summed E-state index contributed by atoms with van der Waals surface area (Å²) in [5.74, 6) is 0.486. The number of nitrogens with zero attached hydrogens (tertiary/aromatic N) is 3. The molecule has 0 radical (unpaired) electrons. The fraction of sp³-hybridized carbons (Fsp3) is 0.471. The largest absolute Gasteiger partial charge is 0.417 e. The maximum atomic E-state index is 12.7. The van der Waals surface area contributed by atoms with Crippen molar-refractivity contribution in [3.05, 3.63) is 35.7 Å². The van der Waals surface area contributed by atoms with Gasteiger partial charge >= 0.3 is 12.2 Å². The Morgan fingerprint density at radius 1 is 1.41 bits per heavy atom. The summed E-state index contributed by atoms with van der Waals surface area (Å²) < 4.78 is 44.8. The minimum absolute atomic E-state index is 0.172. The summed E-state index contributed by atoms with van der Waals surface area (Å²) in [4.78, 5) is 15.9. The molecule has 0 spiro atoms. The van der Waals surface area contributed by atoms with Gasteiger partial charge in [0.2, 0.25) is 0 Å². The van der Waals surface area contributed by atoms with Crippen LogP contribution < -0.4 is 10.6 Å². The van der Waals surface area contributed by atoms with Gasteiger partial charge < -0.3 is 10.1 Å². The number of halogens is 3. The highest BCUT2D eigenvalue weighted by Crippen LogP contribution is 2.29. The molecule has 27 heavy (non-hydrogen) atoms. The van der Waals surface area contributed by atoms with E-state index in [2.05, 4.69) is 20.7 Å². The lowest BCUT2D eigenvalue weighted by atomic mass is 10.2. The molecule has 1 atom stereocenters. The summed E-state index contributed by atoms with van der Waals surface area (Å²) in [6, 6.07) is 3.31. The van der Waals surface area contributed by atoms with Gasteiger partial charge in [-0.05, 0) is 38.3 Å². The molecule has 2 aromatic heterocycles. The molecule has 0 saturated carbocycles. The topological polar surface area (TPSA) is 81.1 Å². The third-order valence-corrected chi connectivity index (χ3v) is 4.14. The molecule has 10 heteroatoms. The van der Waals surface area contributed by atoms with Crippen molar-refractivity contribution in [1.29, 1.82) is 0 Å². The first-order chi connectivity index (χ1) is 12.8. The van der Waals surface area contributed by atoms with Gasteiger partial charge in [-0.25, -0.2) is 9.78 Å². The van der Waals surface area contributed by atoms with E-state index in [9.17, 15) is 18.0 Å². The molecular formula is C17H20F3N5O2. The maximum Gasteiger partial charge on any atom is 0.417 e. The minimum Gasteiger partial charge on any atom is -0.378 e. The second kappa shape index (κ2) is 7.95. The maximum absolute atomic E-state index is 12.7. The number of carbonyl (C=O) groups excluding carboxylic acids is 1. The third kappa shape index (κ3) is 4.97. The second-order valence-corrected chi connectivity index (χ2v) is 6.29. The Morgan fingerprint density at radius 2 is 2.22 bits per heavy atom. The molecule has 1 fully saturated rings. The van der Waals surface area contributed by atoms with Crippen LogP contribution in [-0.2, 0) is 10.9 Å². The molecule has 1 unspecified atom stereocenters. The number of anilines is 1. The van der Waals surface area contributed by atoms with Crippen molar-refractivity contribution in [3.8, 4) is 5.82 Å². The highest BCUT2D eigenvalue weighted by molar-refractivity contribution is 5.88. The van der Waals surface area contributed by atoms with E-state index in [1.807, 2.05) is 0 Å². The van der Waals surface area contributed by atoms with Crippen molar-refractivity contribution in [2.45, 2.75) is 38.5 Å². The highest BCUT2D eigenvalue weighted by atomic mass is 19.4. The van der Waals surface area contributed by atoms with Gasteiger partial charge in [0, 0.05) is 25.4 Å². The molecule has 2 N–H and O–H groups in total. The van der Waals surface area contributed by atoms with E-state index in [-0.39, 0.29) is 11.9 Å². The van der Waals surface area contributed by atoms with E-state index in [0.717, 1.165) is 38.1 Å². The molecule has 146 valence electrons. The number of hydrogen-bond acceptors (Lipinski definition) is 4. The third-order valence-electron chi connectivity index (χ3n) is 4.14. The van der Waals surface area contributed by atoms with Gasteiger partial charge in [-0.15, -0.1) is 0 Å². The number of hydrogen-bond donors (Lipinski definition) is 2. The van der Waals surface area contributed by atoms with Crippen LogP contribution in [0.25, 0.3) is 5.82 Å². The molecule has 3 rings (SSSR count). The smallest absolute Gasteiger partial charge is 0.378 e. The Balaban J connectivity index is 1.63. The molecule has 7 nitrogen and oxygen atoms in total. The van der Waals surface area contributed by atoms with Gasteiger partial charge in [-0.1, -0.05) is 0 Å². The van der Waals surface area contributed by atoms with E-state index < -0.39 is 17.8 Å². The number of aryl methyl sites for hydroxylation is 1. The summed E-state index contributed by atoms with van der Waals surface area (Å²) in [7, 11) is 0. The molecule has 2 aromatic rings. The second-order valence-electron chi connectivity index (χ2n) is 6.29. The molecule has 0 aromatic carbocycles. The average molecular weight is 383 g/mol. The predicted molar refractivity (Wildman–Crippen MR) is 91.7 cm³/mol. The van der Waals surface area contributed by atoms with Crippen LogP contribution in [0.3, 0.4) is 0 Å². The number of carbonyl (C=O) groups is 1. The van der Waals surface area contributed by atoms with Crippen LogP contribution in [-0.4, -0.2) is 40.1 Å². The Morgan fingerprint density at radius 3 is 2.85 bits per heavy atom. The van der Waals surface area contributed by atoms with Crippen LogP contribution in [0.15, 0.2) is 24.4 Å². The van der Waals surface area contributed by atoms with Crippen molar-refractivity contribution in [2.75, 3.05) is 18.5 Å². The SMILES string of the molecule is Cc1cc(NC(=O)NCCC2CCCO2)n(-c2ccc(C(F)(F)F)cn2)n1. The van der Waals surface area contributed by atoms with Crippen molar-refractivity contribution in [3.63, 3.8) is 0 Å². The van der Waals surface area contributed by atoms with Crippen molar-refractivity contribution in [2.24, 2.45) is 0 Å². The zero-order chi connectivity index (χ0) is 19.4. The van der Waals surface area contributed by atoms with Crippen molar-refractivity contribution >= 4 is 11.8 Å². The fourth-order valence-corrected chi connectivity index (χ4v) is 2.82.